The van der Waals surface area contributed by atoms with Crippen LogP contribution < -0.4 is 0 Å². The van der Waals surface area contributed by atoms with Crippen LogP contribution in [0.4, 0.5) is 0 Å². The lowest BCUT2D eigenvalue weighted by molar-refractivity contribution is -0.137. The number of esters is 1. The molecular formula is C8H14Cl2O2Si. The zero-order chi connectivity index (χ0) is 10.3. The van der Waals surface area contributed by atoms with Gasteiger partial charge in [0.05, 0.1) is 6.61 Å². The summed E-state index contributed by atoms with van der Waals surface area (Å²) >= 11 is 11.6. The molecule has 0 aromatic heterocycles. The molecule has 2 nitrogen and oxygen atoms in total. The maximum absolute atomic E-state index is 10.6. The fourth-order valence-corrected chi connectivity index (χ4v) is 2.01. The largest absolute Gasteiger partial charge is 0.463 e. The molecule has 0 aliphatic rings. The molecule has 0 N–H and O–H groups in total. The van der Waals surface area contributed by atoms with Gasteiger partial charge in [-0.2, -0.15) is 22.2 Å². The van der Waals surface area contributed by atoms with E-state index in [-0.39, 0.29) is 5.97 Å². The average Bonchev–Trinajstić information content (AvgIpc) is 2.11. The van der Waals surface area contributed by atoms with Crippen LogP contribution in [-0.2, 0) is 9.53 Å². The van der Waals surface area contributed by atoms with Crippen LogP contribution in [-0.4, -0.2) is 20.0 Å². The number of carbonyl (C=O) groups excluding carboxylic acids is 1. The molecule has 0 aliphatic heterocycles. The maximum Gasteiger partial charge on any atom is 0.330 e. The van der Waals surface area contributed by atoms with Gasteiger partial charge in [-0.1, -0.05) is 13.5 Å². The minimum atomic E-state index is -1.56. The van der Waals surface area contributed by atoms with E-state index in [0.717, 1.165) is 18.9 Å². The number of carbonyl (C=O) groups is 1. The van der Waals surface area contributed by atoms with Gasteiger partial charge < -0.3 is 4.74 Å². The molecule has 0 amide bonds. The van der Waals surface area contributed by atoms with E-state index >= 15 is 0 Å². The van der Waals surface area contributed by atoms with E-state index in [2.05, 4.69) is 6.58 Å². The molecule has 0 saturated heterocycles. The molecule has 1 unspecified atom stereocenters. The normalized spacial score (nSPS) is 12.6. The van der Waals surface area contributed by atoms with Gasteiger partial charge in [-0.3, -0.25) is 0 Å². The fraction of sp³-hybridized carbons (Fsp3) is 0.625. The van der Waals surface area contributed by atoms with E-state index in [9.17, 15) is 4.79 Å². The van der Waals surface area contributed by atoms with Crippen molar-refractivity contribution in [1.29, 1.82) is 0 Å². The van der Waals surface area contributed by atoms with Gasteiger partial charge in [0.15, 0.2) is 0 Å². The topological polar surface area (TPSA) is 26.3 Å². The van der Waals surface area contributed by atoms with Crippen LogP contribution in [0.5, 0.6) is 0 Å². The van der Waals surface area contributed by atoms with E-state index in [1.807, 2.05) is 6.92 Å². The highest BCUT2D eigenvalue weighted by molar-refractivity contribution is 7.34. The molecule has 0 aromatic rings. The maximum atomic E-state index is 10.6. The number of rotatable bonds is 6. The molecule has 0 fully saturated rings. The Hall–Kier alpha value is 0.00688. The molecule has 0 bridgehead atoms. The molecule has 0 spiro atoms. The second kappa shape index (κ2) is 7.41. The molecule has 5 heteroatoms. The number of hydrogen-bond donors (Lipinski definition) is 0. The summed E-state index contributed by atoms with van der Waals surface area (Å²) in [7, 11) is -1.56. The molecule has 0 saturated carbocycles. The van der Waals surface area contributed by atoms with Crippen LogP contribution in [0.25, 0.3) is 0 Å². The standard InChI is InChI=1S/C8H14Cl2O2Si/c1-3-8(11)12-6-4-5-7(2)13(9)10/h3,7,13H,1,4-6H2,2H3. The first kappa shape index (κ1) is 13.0. The summed E-state index contributed by atoms with van der Waals surface area (Å²) in [4.78, 5) is 10.6. The van der Waals surface area contributed by atoms with Crippen molar-refractivity contribution in [3.05, 3.63) is 12.7 Å². The minimum absolute atomic E-state index is 0.366. The summed E-state index contributed by atoms with van der Waals surface area (Å²) in [5, 5.41) is 0. The second-order valence-electron chi connectivity index (χ2n) is 2.83. The van der Waals surface area contributed by atoms with Gasteiger partial charge in [-0.05, 0) is 18.4 Å². The highest BCUT2D eigenvalue weighted by Gasteiger charge is 2.12. The summed E-state index contributed by atoms with van der Waals surface area (Å²) in [6, 6.07) is 0. The molecule has 76 valence electrons. The third-order valence-electron chi connectivity index (χ3n) is 1.64. The Bertz CT molecular complexity index is 174. The molecule has 0 heterocycles. The van der Waals surface area contributed by atoms with E-state index in [0.29, 0.717) is 12.1 Å². The highest BCUT2D eigenvalue weighted by Crippen LogP contribution is 2.21. The van der Waals surface area contributed by atoms with E-state index in [1.165, 1.54) is 0 Å². The summed E-state index contributed by atoms with van der Waals surface area (Å²) in [6.45, 7) is 5.73. The van der Waals surface area contributed by atoms with Gasteiger partial charge in [0.2, 0.25) is 7.42 Å². The van der Waals surface area contributed by atoms with E-state index < -0.39 is 7.42 Å². The number of halogens is 2. The molecule has 1 atom stereocenters. The Morgan fingerprint density at radius 2 is 2.31 bits per heavy atom. The average molecular weight is 241 g/mol. The van der Waals surface area contributed by atoms with Crippen molar-refractivity contribution in [2.45, 2.75) is 25.3 Å². The lowest BCUT2D eigenvalue weighted by Crippen LogP contribution is -2.06. The Morgan fingerprint density at radius 1 is 1.69 bits per heavy atom. The highest BCUT2D eigenvalue weighted by atomic mass is 35.7. The fourth-order valence-electron chi connectivity index (χ4n) is 0.763. The Balaban J connectivity index is 3.35. The van der Waals surface area contributed by atoms with Crippen molar-refractivity contribution < 1.29 is 9.53 Å². The third kappa shape index (κ3) is 7.11. The number of hydrogen-bond acceptors (Lipinski definition) is 2. The van der Waals surface area contributed by atoms with Gasteiger partial charge in [0, 0.05) is 6.08 Å². The molecule has 0 radical (unpaired) electrons. The van der Waals surface area contributed by atoms with E-state index in [4.69, 9.17) is 26.9 Å². The predicted octanol–water partition coefficient (Wildman–Crippen LogP) is 2.58. The van der Waals surface area contributed by atoms with Gasteiger partial charge in [0.25, 0.3) is 0 Å². The molecule has 13 heavy (non-hydrogen) atoms. The summed E-state index contributed by atoms with van der Waals surface area (Å²) < 4.78 is 4.79. The van der Waals surface area contributed by atoms with Gasteiger partial charge >= 0.3 is 5.97 Å². The lowest BCUT2D eigenvalue weighted by atomic mass is 10.2. The smallest absolute Gasteiger partial charge is 0.330 e. The number of ether oxygens (including phenoxy) is 1. The zero-order valence-corrected chi connectivity index (χ0v) is 10.3. The molecule has 0 aromatic carbocycles. The van der Waals surface area contributed by atoms with Crippen LogP contribution in [0.15, 0.2) is 12.7 Å². The first-order chi connectivity index (χ1) is 6.07. The Morgan fingerprint density at radius 3 is 2.77 bits per heavy atom. The predicted molar refractivity (Wildman–Crippen MR) is 58.7 cm³/mol. The summed E-state index contributed by atoms with van der Waals surface area (Å²) in [5.41, 5.74) is 0.366. The van der Waals surface area contributed by atoms with Crippen molar-refractivity contribution in [1.82, 2.24) is 0 Å². The molecule has 0 rings (SSSR count). The first-order valence-corrected chi connectivity index (χ1v) is 8.31. The second-order valence-corrected chi connectivity index (χ2v) is 8.12. The van der Waals surface area contributed by atoms with Gasteiger partial charge in [-0.25, -0.2) is 4.79 Å². The first-order valence-electron chi connectivity index (χ1n) is 4.15. The monoisotopic (exact) mass is 240 g/mol. The van der Waals surface area contributed by atoms with Crippen LogP contribution in [0.1, 0.15) is 19.8 Å². The summed E-state index contributed by atoms with van der Waals surface area (Å²) in [5.74, 6) is -0.377. The Labute approximate surface area is 89.9 Å². The minimum Gasteiger partial charge on any atom is -0.463 e. The SMILES string of the molecule is C=CC(=O)OCCCC(C)[SiH](Cl)Cl. The molecular weight excluding hydrogens is 227 g/mol. The van der Waals surface area contributed by atoms with Crippen molar-refractivity contribution >= 4 is 35.5 Å². The van der Waals surface area contributed by atoms with Crippen LogP contribution in [0.3, 0.4) is 0 Å². The van der Waals surface area contributed by atoms with Crippen LogP contribution in [0, 0.1) is 0 Å². The van der Waals surface area contributed by atoms with Crippen LogP contribution >= 0.6 is 22.2 Å². The third-order valence-corrected chi connectivity index (χ3v) is 5.42. The van der Waals surface area contributed by atoms with Crippen molar-refractivity contribution in [2.75, 3.05) is 6.61 Å². The van der Waals surface area contributed by atoms with E-state index in [1.54, 1.807) is 0 Å². The molecule has 0 aliphatic carbocycles. The quantitative estimate of drug-likeness (QED) is 0.235. The zero-order valence-electron chi connectivity index (χ0n) is 7.63. The van der Waals surface area contributed by atoms with Crippen molar-refractivity contribution in [3.8, 4) is 0 Å². The van der Waals surface area contributed by atoms with Crippen LogP contribution in [0.2, 0.25) is 5.54 Å². The van der Waals surface area contributed by atoms with Crippen molar-refractivity contribution in [2.24, 2.45) is 0 Å². The summed E-state index contributed by atoms with van der Waals surface area (Å²) in [6.07, 6.45) is 2.88. The lowest BCUT2D eigenvalue weighted by Gasteiger charge is -2.09. The van der Waals surface area contributed by atoms with Crippen molar-refractivity contribution in [3.63, 3.8) is 0 Å². The van der Waals surface area contributed by atoms with Gasteiger partial charge in [-0.15, -0.1) is 0 Å². The Kier molecular flexibility index (Phi) is 7.42. The van der Waals surface area contributed by atoms with Gasteiger partial charge in [0.1, 0.15) is 0 Å².